The smallest absolute Gasteiger partial charge is 0.212 e. The minimum atomic E-state index is -1.79. The highest BCUT2D eigenvalue weighted by atomic mass is 16.5. The molecule has 0 saturated carbocycles. The van der Waals surface area contributed by atoms with Gasteiger partial charge in [0.1, 0.15) is 5.78 Å². The summed E-state index contributed by atoms with van der Waals surface area (Å²) >= 11 is 0. The number of aliphatic hydroxyl groups excluding tert-OH is 1. The first-order chi connectivity index (χ1) is 8.07. The van der Waals surface area contributed by atoms with E-state index in [9.17, 15) is 9.59 Å². The van der Waals surface area contributed by atoms with Crippen LogP contribution < -0.4 is 0 Å². The van der Waals surface area contributed by atoms with Crippen LogP contribution in [0.15, 0.2) is 0 Å². The van der Waals surface area contributed by atoms with Gasteiger partial charge in [0, 0.05) is 12.5 Å². The summed E-state index contributed by atoms with van der Waals surface area (Å²) in [5.74, 6) is 0.520. The molecule has 0 rings (SSSR count). The van der Waals surface area contributed by atoms with Crippen molar-refractivity contribution in [3.8, 4) is 0 Å². The molecule has 0 bridgehead atoms. The predicted molar refractivity (Wildman–Crippen MR) is 71.1 cm³/mol. The van der Waals surface area contributed by atoms with Crippen molar-refractivity contribution in [1.29, 1.82) is 0 Å². The van der Waals surface area contributed by atoms with Gasteiger partial charge in [-0.25, -0.2) is 0 Å². The Morgan fingerprint density at radius 3 is 1.61 bits per heavy atom. The molecule has 0 aromatic heterocycles. The fraction of sp³-hybridized carbons (Fsp3) is 0.846. The third-order valence-electron chi connectivity index (χ3n) is 2.28. The van der Waals surface area contributed by atoms with Crippen LogP contribution in [0, 0.1) is 11.8 Å². The highest BCUT2D eigenvalue weighted by Crippen LogP contribution is 2.13. The van der Waals surface area contributed by atoms with Gasteiger partial charge >= 0.3 is 0 Å². The lowest BCUT2D eigenvalue weighted by Crippen LogP contribution is -2.27. The number of carbonyl (C=O) groups is 2. The molecule has 18 heavy (non-hydrogen) atoms. The van der Waals surface area contributed by atoms with E-state index >= 15 is 0 Å². The summed E-state index contributed by atoms with van der Waals surface area (Å²) in [5.41, 5.74) is 0. The molecular weight excluding hydrogens is 234 g/mol. The first-order valence-corrected chi connectivity index (χ1v) is 6.09. The summed E-state index contributed by atoms with van der Waals surface area (Å²) in [7, 11) is 4.02. The third kappa shape index (κ3) is 13.3. The molecule has 0 aliphatic heterocycles. The van der Waals surface area contributed by atoms with Crippen molar-refractivity contribution in [2.45, 2.75) is 40.4 Å². The average molecular weight is 261 g/mol. The normalized spacial score (nSPS) is 12.4. The van der Waals surface area contributed by atoms with Crippen molar-refractivity contribution in [3.63, 3.8) is 0 Å². The molecule has 0 radical (unpaired) electrons. The number of ketones is 2. The number of rotatable bonds is 6. The highest BCUT2D eigenvalue weighted by Gasteiger charge is 2.16. The number of nitrogens with zero attached hydrogens (tertiary/aromatic N) is 1. The summed E-state index contributed by atoms with van der Waals surface area (Å²) in [5, 5.41) is 15.7. The topological polar surface area (TPSA) is 77.8 Å². The van der Waals surface area contributed by atoms with E-state index in [0.29, 0.717) is 11.7 Å². The third-order valence-corrected chi connectivity index (χ3v) is 2.28. The zero-order valence-electron chi connectivity index (χ0n) is 12.3. The summed E-state index contributed by atoms with van der Waals surface area (Å²) in [6.07, 6.45) is -0.780. The van der Waals surface area contributed by atoms with Crippen LogP contribution in [-0.4, -0.2) is 53.6 Å². The van der Waals surface area contributed by atoms with E-state index in [1.807, 2.05) is 14.1 Å². The lowest BCUT2D eigenvalue weighted by Gasteiger charge is -2.19. The molecule has 108 valence electrons. The number of Topliss-reactive ketones (excluding diaryl/α,β-unsaturated/α-hetero) is 2. The predicted octanol–water partition coefficient (Wildman–Crippen LogP) is 0.685. The maximum Gasteiger partial charge on any atom is 0.212 e. The van der Waals surface area contributed by atoms with Crippen molar-refractivity contribution in [2.75, 3.05) is 20.6 Å². The molecule has 0 amide bonds. The number of carbonyl (C=O) groups excluding carboxylic acids is 2. The van der Waals surface area contributed by atoms with Crippen molar-refractivity contribution >= 4 is 11.6 Å². The van der Waals surface area contributed by atoms with Gasteiger partial charge in [0.05, 0.1) is 0 Å². The summed E-state index contributed by atoms with van der Waals surface area (Å²) in [4.78, 5) is 22.9. The lowest BCUT2D eigenvalue weighted by molar-refractivity contribution is -0.142. The Kier molecular flexibility index (Phi) is 11.1. The Hall–Kier alpha value is -0.780. The fourth-order valence-corrected chi connectivity index (χ4v) is 1.38. The quantitative estimate of drug-likeness (QED) is 0.688. The summed E-state index contributed by atoms with van der Waals surface area (Å²) in [6, 6.07) is 0. The van der Waals surface area contributed by atoms with Gasteiger partial charge < -0.3 is 15.1 Å². The van der Waals surface area contributed by atoms with E-state index in [1.165, 1.54) is 0 Å². The van der Waals surface area contributed by atoms with Crippen molar-refractivity contribution < 1.29 is 19.8 Å². The molecule has 0 saturated heterocycles. The maximum absolute atomic E-state index is 11.2. The largest absolute Gasteiger partial charge is 0.362 e. The first-order valence-electron chi connectivity index (χ1n) is 6.09. The first kappa shape index (κ1) is 19.6. The Labute approximate surface area is 110 Å². The summed E-state index contributed by atoms with van der Waals surface area (Å²) in [6.45, 7) is 7.99. The zero-order valence-corrected chi connectivity index (χ0v) is 12.3. The van der Waals surface area contributed by atoms with Crippen LogP contribution in [0.2, 0.25) is 0 Å². The van der Waals surface area contributed by atoms with Crippen molar-refractivity contribution in [2.24, 2.45) is 11.8 Å². The molecule has 2 N–H and O–H groups in total. The molecule has 0 aromatic rings. The number of hydrogen-bond donors (Lipinski definition) is 2. The molecule has 5 nitrogen and oxygen atoms in total. The second-order valence-corrected chi connectivity index (χ2v) is 5.18. The molecule has 0 spiro atoms. The standard InChI is InChI=1S/C10H21NO.C3H6O3/c1-8(2)6-10(9(3)12)7-11(4)5;1-2(4)3(5)6/h8,10H,6-7H2,1-5H3;3,5-6H,1H3. The molecule has 1 unspecified atom stereocenters. The van der Waals surface area contributed by atoms with Crippen LogP contribution in [0.4, 0.5) is 0 Å². The van der Waals surface area contributed by atoms with Crippen molar-refractivity contribution in [1.82, 2.24) is 4.90 Å². The van der Waals surface area contributed by atoms with E-state index in [-0.39, 0.29) is 5.92 Å². The minimum absolute atomic E-state index is 0.222. The molecule has 0 aromatic carbocycles. The SMILES string of the molecule is CC(=O)C(CC(C)C)CN(C)C.CC(=O)C(O)O. The molecule has 0 aliphatic rings. The second-order valence-electron chi connectivity index (χ2n) is 5.18. The van der Waals surface area contributed by atoms with Crippen LogP contribution in [0.25, 0.3) is 0 Å². The van der Waals surface area contributed by atoms with E-state index in [0.717, 1.165) is 19.9 Å². The monoisotopic (exact) mass is 261 g/mol. The molecule has 1 atom stereocenters. The Morgan fingerprint density at radius 1 is 1.06 bits per heavy atom. The molecule has 0 heterocycles. The maximum atomic E-state index is 11.2. The zero-order chi connectivity index (χ0) is 14.9. The minimum Gasteiger partial charge on any atom is -0.362 e. The van der Waals surface area contributed by atoms with Crippen LogP contribution in [0.3, 0.4) is 0 Å². The number of aliphatic hydroxyl groups is 2. The summed E-state index contributed by atoms with van der Waals surface area (Å²) < 4.78 is 0. The van der Waals surface area contributed by atoms with Gasteiger partial charge in [-0.05, 0) is 40.3 Å². The Bertz CT molecular complexity index is 239. The molecule has 5 heteroatoms. The Balaban J connectivity index is 0. The van der Waals surface area contributed by atoms with Crippen LogP contribution >= 0.6 is 0 Å². The van der Waals surface area contributed by atoms with Crippen molar-refractivity contribution in [3.05, 3.63) is 0 Å². The van der Waals surface area contributed by atoms with Gasteiger partial charge in [-0.3, -0.25) is 9.59 Å². The van der Waals surface area contributed by atoms with Gasteiger partial charge in [0.2, 0.25) is 6.29 Å². The molecule has 0 fully saturated rings. The van der Waals surface area contributed by atoms with Gasteiger partial charge in [-0.15, -0.1) is 0 Å². The lowest BCUT2D eigenvalue weighted by atomic mass is 9.93. The van der Waals surface area contributed by atoms with E-state index in [2.05, 4.69) is 18.7 Å². The van der Waals surface area contributed by atoms with Gasteiger partial charge in [0.25, 0.3) is 0 Å². The fourth-order valence-electron chi connectivity index (χ4n) is 1.38. The average Bonchev–Trinajstić information content (AvgIpc) is 2.15. The van der Waals surface area contributed by atoms with Gasteiger partial charge in [-0.2, -0.15) is 0 Å². The molecule has 0 aliphatic carbocycles. The van der Waals surface area contributed by atoms with Crippen LogP contribution in [0.5, 0.6) is 0 Å². The second kappa shape index (κ2) is 10.2. The molecular formula is C13H27NO4. The van der Waals surface area contributed by atoms with E-state index in [4.69, 9.17) is 10.2 Å². The van der Waals surface area contributed by atoms with E-state index < -0.39 is 12.1 Å². The van der Waals surface area contributed by atoms with Crippen LogP contribution in [-0.2, 0) is 9.59 Å². The number of hydrogen-bond acceptors (Lipinski definition) is 5. The van der Waals surface area contributed by atoms with Crippen LogP contribution in [0.1, 0.15) is 34.1 Å². The van der Waals surface area contributed by atoms with Gasteiger partial charge in [0.15, 0.2) is 5.78 Å². The van der Waals surface area contributed by atoms with E-state index in [1.54, 1.807) is 6.92 Å². The highest BCUT2D eigenvalue weighted by molar-refractivity contribution is 5.78. The Morgan fingerprint density at radius 2 is 1.44 bits per heavy atom. The van der Waals surface area contributed by atoms with Gasteiger partial charge in [-0.1, -0.05) is 13.8 Å².